The highest BCUT2D eigenvalue weighted by molar-refractivity contribution is 6.30. The number of carbonyl (C=O) groups excluding carboxylic acids is 3. The Bertz CT molecular complexity index is 916. The Morgan fingerprint density at radius 3 is 2.55 bits per heavy atom. The first-order chi connectivity index (χ1) is 13.9. The molecule has 7 nitrogen and oxygen atoms in total. The second-order valence-electron chi connectivity index (χ2n) is 6.65. The fourth-order valence-corrected chi connectivity index (χ4v) is 3.18. The summed E-state index contributed by atoms with van der Waals surface area (Å²) in [5.41, 5.74) is 1.14. The first kappa shape index (κ1) is 20.7. The molecule has 0 aliphatic carbocycles. The fraction of sp³-hybridized carbons (Fsp3) is 0.286. The number of methoxy groups -OCH3 is 1. The van der Waals surface area contributed by atoms with E-state index in [-0.39, 0.29) is 18.9 Å². The molecular formula is C21H21ClN2O5. The van der Waals surface area contributed by atoms with E-state index in [1.54, 1.807) is 48.5 Å². The molecule has 1 N–H and O–H groups in total. The van der Waals surface area contributed by atoms with E-state index in [4.69, 9.17) is 21.1 Å². The van der Waals surface area contributed by atoms with Crippen LogP contribution in [0, 0.1) is 5.92 Å². The van der Waals surface area contributed by atoms with E-state index >= 15 is 0 Å². The summed E-state index contributed by atoms with van der Waals surface area (Å²) in [6.45, 7) is 1.65. The number of hydrogen-bond donors (Lipinski definition) is 1. The maximum absolute atomic E-state index is 12.5. The van der Waals surface area contributed by atoms with E-state index < -0.39 is 23.9 Å². The normalized spacial score (nSPS) is 17.0. The van der Waals surface area contributed by atoms with Crippen molar-refractivity contribution in [3.05, 3.63) is 53.6 Å². The third-order valence-corrected chi connectivity index (χ3v) is 4.86. The van der Waals surface area contributed by atoms with Crippen LogP contribution in [0.25, 0.3) is 0 Å². The first-order valence-electron chi connectivity index (χ1n) is 9.09. The Morgan fingerprint density at radius 2 is 1.86 bits per heavy atom. The predicted molar refractivity (Wildman–Crippen MR) is 109 cm³/mol. The van der Waals surface area contributed by atoms with E-state index in [0.717, 1.165) is 0 Å². The molecule has 0 saturated carbocycles. The number of esters is 1. The van der Waals surface area contributed by atoms with Gasteiger partial charge in [-0.1, -0.05) is 23.7 Å². The highest BCUT2D eigenvalue weighted by atomic mass is 35.5. The summed E-state index contributed by atoms with van der Waals surface area (Å²) in [6, 6.07) is 13.7. The molecule has 152 valence electrons. The van der Waals surface area contributed by atoms with Gasteiger partial charge in [0.05, 0.1) is 18.7 Å². The molecule has 2 aromatic rings. The number of rotatable bonds is 6. The van der Waals surface area contributed by atoms with Crippen molar-refractivity contribution in [3.63, 3.8) is 0 Å². The van der Waals surface area contributed by atoms with E-state index in [2.05, 4.69) is 5.32 Å². The number of benzene rings is 2. The van der Waals surface area contributed by atoms with Gasteiger partial charge >= 0.3 is 5.97 Å². The molecule has 29 heavy (non-hydrogen) atoms. The summed E-state index contributed by atoms with van der Waals surface area (Å²) in [5, 5.41) is 3.20. The number of amides is 2. The number of hydrogen-bond acceptors (Lipinski definition) is 5. The summed E-state index contributed by atoms with van der Waals surface area (Å²) >= 11 is 5.82. The lowest BCUT2D eigenvalue weighted by molar-refractivity contribution is -0.157. The van der Waals surface area contributed by atoms with Crippen molar-refractivity contribution in [1.82, 2.24) is 0 Å². The largest absolute Gasteiger partial charge is 0.495 e. The van der Waals surface area contributed by atoms with Crippen LogP contribution in [0.2, 0.25) is 5.02 Å². The van der Waals surface area contributed by atoms with Crippen LogP contribution in [0.3, 0.4) is 0 Å². The Balaban J connectivity index is 1.60. The molecule has 2 amide bonds. The van der Waals surface area contributed by atoms with Crippen LogP contribution in [0.15, 0.2) is 48.5 Å². The Morgan fingerprint density at radius 1 is 1.17 bits per heavy atom. The zero-order valence-corrected chi connectivity index (χ0v) is 16.8. The van der Waals surface area contributed by atoms with E-state index in [1.807, 2.05) is 0 Å². The molecule has 0 spiro atoms. The van der Waals surface area contributed by atoms with Crippen LogP contribution >= 0.6 is 11.6 Å². The van der Waals surface area contributed by atoms with Gasteiger partial charge in [0.1, 0.15) is 5.75 Å². The highest BCUT2D eigenvalue weighted by Gasteiger charge is 2.38. The smallest absolute Gasteiger partial charge is 0.312 e. The zero-order chi connectivity index (χ0) is 21.0. The van der Waals surface area contributed by atoms with Gasteiger partial charge in [-0.2, -0.15) is 0 Å². The average Bonchev–Trinajstić information content (AvgIpc) is 3.11. The zero-order valence-electron chi connectivity index (χ0n) is 16.1. The minimum Gasteiger partial charge on any atom is -0.495 e. The highest BCUT2D eigenvalue weighted by Crippen LogP contribution is 2.33. The van der Waals surface area contributed by atoms with Crippen molar-refractivity contribution < 1.29 is 23.9 Å². The van der Waals surface area contributed by atoms with Crippen molar-refractivity contribution in [2.45, 2.75) is 19.4 Å². The molecule has 1 aliphatic heterocycles. The van der Waals surface area contributed by atoms with Gasteiger partial charge in [-0.05, 0) is 43.3 Å². The average molecular weight is 417 g/mol. The Hall–Kier alpha value is -3.06. The second-order valence-corrected chi connectivity index (χ2v) is 7.09. The van der Waals surface area contributed by atoms with Gasteiger partial charge in [0.15, 0.2) is 6.10 Å². The molecule has 2 aromatic carbocycles. The number of nitrogens with zero attached hydrogens (tertiary/aromatic N) is 1. The van der Waals surface area contributed by atoms with Gasteiger partial charge in [-0.25, -0.2) is 0 Å². The number of ether oxygens (including phenoxy) is 2. The lowest BCUT2D eigenvalue weighted by Crippen LogP contribution is -2.33. The van der Waals surface area contributed by atoms with Crippen LogP contribution in [0.4, 0.5) is 11.4 Å². The topological polar surface area (TPSA) is 84.9 Å². The van der Waals surface area contributed by atoms with Crippen molar-refractivity contribution in [2.75, 3.05) is 23.9 Å². The van der Waals surface area contributed by atoms with Crippen LogP contribution < -0.4 is 15.0 Å². The Kier molecular flexibility index (Phi) is 6.39. The second kappa shape index (κ2) is 8.96. The maximum atomic E-state index is 12.5. The van der Waals surface area contributed by atoms with Crippen molar-refractivity contribution in [2.24, 2.45) is 5.92 Å². The molecule has 1 heterocycles. The minimum absolute atomic E-state index is 0.0163. The standard InChI is InChI=1S/C21H21ClN2O5/c1-13(20(26)23-16-9-7-15(22)8-10-16)29-21(27)14-11-19(25)24(12-14)17-5-3-4-6-18(17)28-2/h3-10,13-14H,11-12H2,1-2H3,(H,23,26)/t13-,14-/m1/s1. The fourth-order valence-electron chi connectivity index (χ4n) is 3.05. The van der Waals surface area contributed by atoms with E-state index in [0.29, 0.717) is 22.1 Å². The molecule has 2 atom stereocenters. The van der Waals surface area contributed by atoms with Gasteiger partial charge in [0.25, 0.3) is 5.91 Å². The van der Waals surface area contributed by atoms with Crippen LogP contribution in [0.1, 0.15) is 13.3 Å². The third kappa shape index (κ3) is 4.86. The maximum Gasteiger partial charge on any atom is 0.312 e. The first-order valence-corrected chi connectivity index (χ1v) is 9.47. The number of carbonyl (C=O) groups is 3. The van der Waals surface area contributed by atoms with Crippen molar-refractivity contribution in [3.8, 4) is 5.75 Å². The number of nitrogens with one attached hydrogen (secondary N) is 1. The lowest BCUT2D eigenvalue weighted by atomic mass is 10.1. The van der Waals surface area contributed by atoms with Crippen LogP contribution in [0.5, 0.6) is 5.75 Å². The van der Waals surface area contributed by atoms with Gasteiger partial charge in [-0.15, -0.1) is 0 Å². The Labute approximate surface area is 173 Å². The molecular weight excluding hydrogens is 396 g/mol. The monoisotopic (exact) mass is 416 g/mol. The summed E-state index contributed by atoms with van der Waals surface area (Å²) < 4.78 is 10.6. The molecule has 0 unspecified atom stereocenters. The number of para-hydroxylation sites is 2. The van der Waals surface area contributed by atoms with Gasteiger partial charge < -0.3 is 19.7 Å². The van der Waals surface area contributed by atoms with Gasteiger partial charge in [-0.3, -0.25) is 14.4 Å². The summed E-state index contributed by atoms with van der Waals surface area (Å²) in [4.78, 5) is 38.7. The van der Waals surface area contributed by atoms with Crippen molar-refractivity contribution in [1.29, 1.82) is 0 Å². The van der Waals surface area contributed by atoms with Gasteiger partial charge in [0.2, 0.25) is 5.91 Å². The van der Waals surface area contributed by atoms with Crippen LogP contribution in [-0.2, 0) is 19.1 Å². The summed E-state index contributed by atoms with van der Waals surface area (Å²) in [5.74, 6) is -1.36. The molecule has 0 aromatic heterocycles. The van der Waals surface area contributed by atoms with E-state index in [9.17, 15) is 14.4 Å². The molecule has 3 rings (SSSR count). The molecule has 0 radical (unpaired) electrons. The molecule has 1 aliphatic rings. The summed E-state index contributed by atoms with van der Waals surface area (Å²) in [7, 11) is 1.52. The van der Waals surface area contributed by atoms with Crippen LogP contribution in [-0.4, -0.2) is 37.5 Å². The van der Waals surface area contributed by atoms with Gasteiger partial charge in [0, 0.05) is 23.7 Å². The summed E-state index contributed by atoms with van der Waals surface area (Å²) in [6.07, 6.45) is -0.990. The minimum atomic E-state index is -1.01. The molecule has 8 heteroatoms. The quantitative estimate of drug-likeness (QED) is 0.730. The van der Waals surface area contributed by atoms with E-state index in [1.165, 1.54) is 18.9 Å². The SMILES string of the molecule is COc1ccccc1N1C[C@H](C(=O)O[C@H](C)C(=O)Nc2ccc(Cl)cc2)CC1=O. The third-order valence-electron chi connectivity index (χ3n) is 4.61. The molecule has 1 saturated heterocycles. The van der Waals surface area contributed by atoms with Crippen molar-refractivity contribution >= 4 is 40.8 Å². The lowest BCUT2D eigenvalue weighted by Gasteiger charge is -2.20. The number of halogens is 1. The number of anilines is 2. The molecule has 1 fully saturated rings. The predicted octanol–water partition coefficient (Wildman–Crippen LogP) is 3.27. The molecule has 0 bridgehead atoms.